The lowest BCUT2D eigenvalue weighted by atomic mass is 10.1. The lowest BCUT2D eigenvalue weighted by Crippen LogP contribution is -2.40. The number of nitrogens with one attached hydrogen (secondary N) is 1. The van der Waals surface area contributed by atoms with E-state index in [1.807, 2.05) is 12.2 Å². The first-order chi connectivity index (χ1) is 12.9. The van der Waals surface area contributed by atoms with Gasteiger partial charge >= 0.3 is 0 Å². The number of unbranched alkanes of at least 4 members (excludes halogenated alkanes) is 1. The van der Waals surface area contributed by atoms with Gasteiger partial charge in [-0.3, -0.25) is 14.4 Å². The van der Waals surface area contributed by atoms with E-state index in [9.17, 15) is 14.4 Å². The standard InChI is InChI=1S/C21H37NO4SSi/c1-17(19(24)16-20(25)27-15-13-22-18(2)23)12-10-8-9-11-14-26-28(6,7)21(3,4)5/h8,10,12H,9,11,13-16H2,1-7H3,(H,22,23). The highest BCUT2D eigenvalue weighted by Gasteiger charge is 2.36. The van der Waals surface area contributed by atoms with E-state index in [4.69, 9.17) is 4.43 Å². The van der Waals surface area contributed by atoms with Crippen LogP contribution in [0.15, 0.2) is 23.8 Å². The molecule has 0 saturated heterocycles. The number of hydrogen-bond donors (Lipinski definition) is 1. The Kier molecular flexibility index (Phi) is 12.6. The molecule has 28 heavy (non-hydrogen) atoms. The molecule has 0 aromatic heterocycles. The number of carbonyl (C=O) groups is 3. The van der Waals surface area contributed by atoms with Crippen molar-refractivity contribution >= 4 is 36.9 Å². The lowest BCUT2D eigenvalue weighted by molar-refractivity contribution is -0.121. The number of amides is 1. The van der Waals surface area contributed by atoms with Gasteiger partial charge in [-0.1, -0.05) is 50.8 Å². The van der Waals surface area contributed by atoms with Crippen molar-refractivity contribution in [1.82, 2.24) is 5.32 Å². The molecule has 0 aromatic rings. The zero-order valence-electron chi connectivity index (χ0n) is 18.5. The molecule has 0 fully saturated rings. The maximum Gasteiger partial charge on any atom is 0.216 e. The summed E-state index contributed by atoms with van der Waals surface area (Å²) in [7, 11) is -1.68. The largest absolute Gasteiger partial charge is 0.417 e. The number of Topliss-reactive ketones (excluding diaryl/α,β-unsaturated/α-hetero) is 1. The smallest absolute Gasteiger partial charge is 0.216 e. The molecule has 0 unspecified atom stereocenters. The van der Waals surface area contributed by atoms with Crippen molar-refractivity contribution in [3.8, 4) is 0 Å². The summed E-state index contributed by atoms with van der Waals surface area (Å²) in [5, 5.41) is 2.67. The highest BCUT2D eigenvalue weighted by atomic mass is 32.2. The van der Waals surface area contributed by atoms with E-state index in [0.29, 0.717) is 17.9 Å². The van der Waals surface area contributed by atoms with E-state index in [1.165, 1.54) is 6.92 Å². The zero-order valence-corrected chi connectivity index (χ0v) is 20.3. The molecule has 0 heterocycles. The van der Waals surface area contributed by atoms with Crippen LogP contribution in [0.25, 0.3) is 0 Å². The molecule has 5 nitrogen and oxygen atoms in total. The molecule has 0 bridgehead atoms. The van der Waals surface area contributed by atoms with Gasteiger partial charge in [-0.25, -0.2) is 0 Å². The van der Waals surface area contributed by atoms with Gasteiger partial charge in [-0.15, -0.1) is 0 Å². The highest BCUT2D eigenvalue weighted by Crippen LogP contribution is 2.36. The minimum atomic E-state index is -1.68. The fourth-order valence-electron chi connectivity index (χ4n) is 1.86. The van der Waals surface area contributed by atoms with Crippen LogP contribution in [-0.4, -0.2) is 44.0 Å². The Hall–Kier alpha value is -1.18. The van der Waals surface area contributed by atoms with E-state index in [0.717, 1.165) is 31.2 Å². The molecule has 0 radical (unpaired) electrons. The quantitative estimate of drug-likeness (QED) is 0.161. The summed E-state index contributed by atoms with van der Waals surface area (Å²) in [6, 6.07) is 0. The molecule has 160 valence electrons. The average molecular weight is 428 g/mol. The highest BCUT2D eigenvalue weighted by molar-refractivity contribution is 8.13. The molecule has 0 saturated carbocycles. The van der Waals surface area contributed by atoms with E-state index in [1.54, 1.807) is 13.0 Å². The molecule has 0 aliphatic heterocycles. The average Bonchev–Trinajstić information content (AvgIpc) is 2.56. The molecule has 0 aliphatic carbocycles. The summed E-state index contributed by atoms with van der Waals surface area (Å²) in [6.45, 7) is 15.5. The third-order valence-corrected chi connectivity index (χ3v) is 10.2. The predicted octanol–water partition coefficient (Wildman–Crippen LogP) is 4.65. The molecule has 7 heteroatoms. The minimum absolute atomic E-state index is 0.110. The second kappa shape index (κ2) is 13.1. The van der Waals surface area contributed by atoms with Gasteiger partial charge in [0.25, 0.3) is 0 Å². The zero-order chi connectivity index (χ0) is 21.8. The van der Waals surface area contributed by atoms with Crippen molar-refractivity contribution in [2.45, 2.75) is 72.0 Å². The van der Waals surface area contributed by atoms with Crippen molar-refractivity contribution in [1.29, 1.82) is 0 Å². The van der Waals surface area contributed by atoms with E-state index in [-0.39, 0.29) is 28.3 Å². The van der Waals surface area contributed by atoms with E-state index >= 15 is 0 Å². The number of carbonyl (C=O) groups excluding carboxylic acids is 3. The van der Waals surface area contributed by atoms with Gasteiger partial charge in [0, 0.05) is 25.8 Å². The first-order valence-corrected chi connectivity index (χ1v) is 13.7. The summed E-state index contributed by atoms with van der Waals surface area (Å²) < 4.78 is 6.13. The molecular formula is C21H37NO4SSi. The Balaban J connectivity index is 4.11. The third kappa shape index (κ3) is 12.3. The molecular weight excluding hydrogens is 390 g/mol. The van der Waals surface area contributed by atoms with Crippen LogP contribution in [0, 0.1) is 0 Å². The van der Waals surface area contributed by atoms with Crippen LogP contribution in [0.1, 0.15) is 53.9 Å². The van der Waals surface area contributed by atoms with Gasteiger partial charge in [0.15, 0.2) is 19.2 Å². The maximum absolute atomic E-state index is 12.0. The van der Waals surface area contributed by atoms with Gasteiger partial charge in [0.05, 0.1) is 6.42 Å². The Morgan fingerprint density at radius 1 is 1.14 bits per heavy atom. The van der Waals surface area contributed by atoms with E-state index in [2.05, 4.69) is 39.2 Å². The van der Waals surface area contributed by atoms with Crippen molar-refractivity contribution < 1.29 is 18.8 Å². The molecule has 0 aliphatic rings. The number of allylic oxidation sites excluding steroid dienone is 4. The molecule has 0 rings (SSSR count). The number of hydrogen-bond acceptors (Lipinski definition) is 5. The van der Waals surface area contributed by atoms with Crippen LogP contribution in [0.4, 0.5) is 0 Å². The second-order valence-corrected chi connectivity index (χ2v) is 14.3. The summed E-state index contributed by atoms with van der Waals surface area (Å²) >= 11 is 1.07. The monoisotopic (exact) mass is 427 g/mol. The predicted molar refractivity (Wildman–Crippen MR) is 121 cm³/mol. The van der Waals surface area contributed by atoms with Crippen molar-refractivity contribution in [2.75, 3.05) is 18.9 Å². The SMILES string of the molecule is CC(=O)NCCSC(=O)CC(=O)C(C)=CC=CCCCO[Si](C)(C)C(C)(C)C. The van der Waals surface area contributed by atoms with Gasteiger partial charge in [-0.05, 0) is 43.5 Å². The van der Waals surface area contributed by atoms with Crippen LogP contribution >= 0.6 is 11.8 Å². The molecule has 1 N–H and O–H groups in total. The fraction of sp³-hybridized carbons (Fsp3) is 0.667. The van der Waals surface area contributed by atoms with Gasteiger partial charge < -0.3 is 9.74 Å². The van der Waals surface area contributed by atoms with Crippen LogP contribution < -0.4 is 5.32 Å². The molecule has 0 aromatic carbocycles. The number of ketones is 1. The van der Waals surface area contributed by atoms with Crippen molar-refractivity contribution in [2.24, 2.45) is 0 Å². The first-order valence-electron chi connectivity index (χ1n) is 9.77. The minimum Gasteiger partial charge on any atom is -0.417 e. The Labute approximate surface area is 175 Å². The third-order valence-electron chi connectivity index (χ3n) is 4.75. The van der Waals surface area contributed by atoms with Crippen LogP contribution in [0.5, 0.6) is 0 Å². The maximum atomic E-state index is 12.0. The van der Waals surface area contributed by atoms with Crippen molar-refractivity contribution in [3.63, 3.8) is 0 Å². The second-order valence-electron chi connectivity index (χ2n) is 8.33. The molecule has 0 atom stereocenters. The fourth-order valence-corrected chi connectivity index (χ4v) is 3.61. The normalized spacial score (nSPS) is 13.0. The lowest BCUT2D eigenvalue weighted by Gasteiger charge is -2.36. The Morgan fingerprint density at radius 2 is 1.79 bits per heavy atom. The number of thioether (sulfide) groups is 1. The first kappa shape index (κ1) is 26.8. The van der Waals surface area contributed by atoms with Gasteiger partial charge in [0.1, 0.15) is 0 Å². The van der Waals surface area contributed by atoms with Crippen LogP contribution in [-0.2, 0) is 18.8 Å². The van der Waals surface area contributed by atoms with Gasteiger partial charge in [-0.2, -0.15) is 0 Å². The van der Waals surface area contributed by atoms with Crippen LogP contribution in [0.2, 0.25) is 18.1 Å². The number of rotatable bonds is 12. The Morgan fingerprint density at radius 3 is 2.36 bits per heavy atom. The molecule has 1 amide bonds. The molecule has 0 spiro atoms. The Bertz CT molecular complexity index is 592. The van der Waals surface area contributed by atoms with Crippen LogP contribution in [0.3, 0.4) is 0 Å². The summed E-state index contributed by atoms with van der Waals surface area (Å²) in [6.07, 6.45) is 7.38. The summed E-state index contributed by atoms with van der Waals surface area (Å²) in [4.78, 5) is 34.6. The van der Waals surface area contributed by atoms with E-state index < -0.39 is 8.32 Å². The summed E-state index contributed by atoms with van der Waals surface area (Å²) in [5.74, 6) is 0.190. The van der Waals surface area contributed by atoms with Crippen molar-refractivity contribution in [3.05, 3.63) is 23.8 Å². The van der Waals surface area contributed by atoms with Gasteiger partial charge in [0.2, 0.25) is 5.91 Å². The summed E-state index contributed by atoms with van der Waals surface area (Å²) in [5.41, 5.74) is 0.574. The topological polar surface area (TPSA) is 72.5 Å².